The summed E-state index contributed by atoms with van der Waals surface area (Å²) in [4.78, 5) is 26.8. The Labute approximate surface area is 204 Å². The van der Waals surface area contributed by atoms with Crippen LogP contribution in [0.5, 0.6) is 0 Å². The van der Waals surface area contributed by atoms with Crippen molar-refractivity contribution in [3.63, 3.8) is 0 Å². The molecule has 34 heavy (non-hydrogen) atoms. The van der Waals surface area contributed by atoms with Crippen LogP contribution in [0.1, 0.15) is 64.8 Å². The smallest absolute Gasteiger partial charge is 0.341 e. The van der Waals surface area contributed by atoms with Gasteiger partial charge >= 0.3 is 5.97 Å². The molecule has 1 N–H and O–H groups in total. The Hall–Kier alpha value is -2.27. The molecule has 184 valence electrons. The Morgan fingerprint density at radius 3 is 2.41 bits per heavy atom. The lowest BCUT2D eigenvalue weighted by atomic mass is 9.95. The van der Waals surface area contributed by atoms with Crippen LogP contribution < -0.4 is 5.32 Å². The number of morpholine rings is 1. The Bertz CT molecular complexity index is 1160. The van der Waals surface area contributed by atoms with Crippen LogP contribution in [0, 0.1) is 0 Å². The SMILES string of the molecule is CCOC(=O)c1c(NC(=O)c2ccc(S(=O)(=O)N3CC(C)OC(C)C3)cc2)sc2c1CCCC2. The van der Waals surface area contributed by atoms with Crippen molar-refractivity contribution < 1.29 is 27.5 Å². The molecule has 2 aromatic rings. The van der Waals surface area contributed by atoms with Crippen LogP contribution in [0.3, 0.4) is 0 Å². The van der Waals surface area contributed by atoms with E-state index in [-0.39, 0.29) is 36.8 Å². The van der Waals surface area contributed by atoms with Crippen LogP contribution in [0.4, 0.5) is 5.00 Å². The molecular weight excluding hydrogens is 476 g/mol. The van der Waals surface area contributed by atoms with Gasteiger partial charge in [0.05, 0.1) is 29.3 Å². The Balaban J connectivity index is 1.54. The van der Waals surface area contributed by atoms with Gasteiger partial charge in [-0.1, -0.05) is 0 Å². The fraction of sp³-hybridized carbons (Fsp3) is 0.500. The molecule has 0 bridgehead atoms. The summed E-state index contributed by atoms with van der Waals surface area (Å²) in [6, 6.07) is 5.88. The van der Waals surface area contributed by atoms with E-state index in [1.54, 1.807) is 6.92 Å². The molecule has 8 nitrogen and oxygen atoms in total. The predicted octanol–water partition coefficient (Wildman–Crippen LogP) is 3.85. The van der Waals surface area contributed by atoms with Crippen LogP contribution in [-0.4, -0.2) is 56.5 Å². The van der Waals surface area contributed by atoms with Crippen molar-refractivity contribution in [3.05, 3.63) is 45.8 Å². The summed E-state index contributed by atoms with van der Waals surface area (Å²) in [6.07, 6.45) is 3.36. The number of amides is 1. The van der Waals surface area contributed by atoms with Gasteiger partial charge in [0.2, 0.25) is 10.0 Å². The fourth-order valence-corrected chi connectivity index (χ4v) is 7.37. The lowest BCUT2D eigenvalue weighted by molar-refractivity contribution is -0.0440. The van der Waals surface area contributed by atoms with Gasteiger partial charge in [-0.05, 0) is 76.3 Å². The van der Waals surface area contributed by atoms with E-state index in [2.05, 4.69) is 5.32 Å². The number of esters is 1. The van der Waals surface area contributed by atoms with E-state index in [0.717, 1.165) is 36.1 Å². The van der Waals surface area contributed by atoms with Crippen molar-refractivity contribution in [2.75, 3.05) is 25.0 Å². The van der Waals surface area contributed by atoms with Crippen molar-refractivity contribution >= 4 is 38.2 Å². The summed E-state index contributed by atoms with van der Waals surface area (Å²) in [5.41, 5.74) is 1.73. The maximum atomic E-state index is 13.1. The second-order valence-electron chi connectivity index (χ2n) is 8.69. The van der Waals surface area contributed by atoms with E-state index in [4.69, 9.17) is 9.47 Å². The largest absolute Gasteiger partial charge is 0.462 e. The Kier molecular flexibility index (Phi) is 7.42. The fourth-order valence-electron chi connectivity index (χ4n) is 4.50. The zero-order chi connectivity index (χ0) is 24.5. The first-order valence-corrected chi connectivity index (χ1v) is 13.8. The van der Waals surface area contributed by atoms with Gasteiger partial charge in [0.25, 0.3) is 5.91 Å². The number of aryl methyl sites for hydroxylation is 1. The minimum atomic E-state index is -3.69. The number of nitrogens with zero attached hydrogens (tertiary/aromatic N) is 1. The third kappa shape index (κ3) is 5.05. The molecule has 1 fully saturated rings. The first-order chi connectivity index (χ1) is 16.2. The highest BCUT2D eigenvalue weighted by molar-refractivity contribution is 7.89. The van der Waals surface area contributed by atoms with Gasteiger partial charge < -0.3 is 14.8 Å². The minimum absolute atomic E-state index is 0.129. The quantitative estimate of drug-likeness (QED) is 0.597. The zero-order valence-electron chi connectivity index (χ0n) is 19.6. The monoisotopic (exact) mass is 506 g/mol. The third-order valence-electron chi connectivity index (χ3n) is 6.02. The van der Waals surface area contributed by atoms with E-state index in [1.165, 1.54) is 39.9 Å². The first-order valence-electron chi connectivity index (χ1n) is 11.6. The minimum Gasteiger partial charge on any atom is -0.462 e. The maximum absolute atomic E-state index is 13.1. The summed E-state index contributed by atoms with van der Waals surface area (Å²) < 4.78 is 38.4. The molecule has 1 aromatic carbocycles. The van der Waals surface area contributed by atoms with E-state index in [0.29, 0.717) is 16.1 Å². The van der Waals surface area contributed by atoms with Gasteiger partial charge in [-0.25, -0.2) is 13.2 Å². The second-order valence-corrected chi connectivity index (χ2v) is 11.7. The summed E-state index contributed by atoms with van der Waals surface area (Å²) in [5.74, 6) is -0.825. The molecule has 0 saturated carbocycles. The molecule has 10 heteroatoms. The topological polar surface area (TPSA) is 102 Å². The molecule has 0 radical (unpaired) electrons. The van der Waals surface area contributed by atoms with Crippen LogP contribution in [0.2, 0.25) is 0 Å². The molecule has 1 aliphatic carbocycles. The Morgan fingerprint density at radius 1 is 1.12 bits per heavy atom. The number of anilines is 1. The molecule has 1 aliphatic heterocycles. The highest BCUT2D eigenvalue weighted by Crippen LogP contribution is 2.39. The molecule has 2 heterocycles. The molecule has 4 rings (SSSR count). The number of thiophene rings is 1. The number of nitrogens with one attached hydrogen (secondary N) is 1. The van der Waals surface area contributed by atoms with Gasteiger partial charge in [-0.15, -0.1) is 11.3 Å². The van der Waals surface area contributed by atoms with Crippen molar-refractivity contribution in [1.29, 1.82) is 0 Å². The van der Waals surface area contributed by atoms with Crippen molar-refractivity contribution in [2.24, 2.45) is 0 Å². The Morgan fingerprint density at radius 2 is 1.76 bits per heavy atom. The van der Waals surface area contributed by atoms with Gasteiger partial charge in [0.1, 0.15) is 5.00 Å². The number of fused-ring (bicyclic) bond motifs is 1. The molecule has 1 saturated heterocycles. The lowest BCUT2D eigenvalue weighted by Crippen LogP contribution is -2.48. The summed E-state index contributed by atoms with van der Waals surface area (Å²) in [6.45, 7) is 6.27. The normalized spacial score (nSPS) is 21.0. The average Bonchev–Trinajstić information content (AvgIpc) is 3.16. The molecule has 0 spiro atoms. The number of ether oxygens (including phenoxy) is 2. The highest BCUT2D eigenvalue weighted by atomic mass is 32.2. The van der Waals surface area contributed by atoms with Crippen molar-refractivity contribution in [3.8, 4) is 0 Å². The van der Waals surface area contributed by atoms with Crippen LogP contribution in [0.25, 0.3) is 0 Å². The number of carbonyl (C=O) groups excluding carboxylic acids is 2. The third-order valence-corrected chi connectivity index (χ3v) is 9.07. The van der Waals surface area contributed by atoms with Gasteiger partial charge in [-0.3, -0.25) is 4.79 Å². The molecule has 2 aliphatic rings. The zero-order valence-corrected chi connectivity index (χ0v) is 21.3. The average molecular weight is 507 g/mol. The van der Waals surface area contributed by atoms with Gasteiger partial charge in [-0.2, -0.15) is 4.31 Å². The first kappa shape index (κ1) is 24.8. The number of hydrogen-bond acceptors (Lipinski definition) is 7. The lowest BCUT2D eigenvalue weighted by Gasteiger charge is -2.34. The predicted molar refractivity (Wildman–Crippen MR) is 130 cm³/mol. The van der Waals surface area contributed by atoms with Crippen molar-refractivity contribution in [1.82, 2.24) is 4.31 Å². The van der Waals surface area contributed by atoms with E-state index in [9.17, 15) is 18.0 Å². The highest BCUT2D eigenvalue weighted by Gasteiger charge is 2.32. The molecule has 1 aromatic heterocycles. The van der Waals surface area contributed by atoms with Crippen molar-refractivity contribution in [2.45, 2.75) is 63.6 Å². The molecule has 2 atom stereocenters. The van der Waals surface area contributed by atoms with Gasteiger partial charge in [0.15, 0.2) is 0 Å². The maximum Gasteiger partial charge on any atom is 0.341 e. The number of sulfonamides is 1. The van der Waals surface area contributed by atoms with E-state index in [1.807, 2.05) is 13.8 Å². The van der Waals surface area contributed by atoms with Crippen LogP contribution >= 0.6 is 11.3 Å². The molecule has 1 amide bonds. The van der Waals surface area contributed by atoms with E-state index < -0.39 is 21.9 Å². The number of benzene rings is 1. The van der Waals surface area contributed by atoms with Crippen LogP contribution in [0.15, 0.2) is 29.2 Å². The number of rotatable bonds is 6. The standard InChI is InChI=1S/C24H30N2O6S2/c1-4-31-24(28)21-19-7-5-6-8-20(19)33-23(21)25-22(27)17-9-11-18(12-10-17)34(29,30)26-13-15(2)32-16(3)14-26/h9-12,15-16H,4-8,13-14H2,1-3H3,(H,25,27). The van der Waals surface area contributed by atoms with Crippen LogP contribution in [-0.2, 0) is 32.3 Å². The number of hydrogen-bond donors (Lipinski definition) is 1. The van der Waals surface area contributed by atoms with E-state index >= 15 is 0 Å². The summed E-state index contributed by atoms with van der Waals surface area (Å²) >= 11 is 1.42. The molecular formula is C24H30N2O6S2. The molecule has 2 unspecified atom stereocenters. The number of carbonyl (C=O) groups is 2. The van der Waals surface area contributed by atoms with Gasteiger partial charge in [0, 0.05) is 23.5 Å². The second kappa shape index (κ2) is 10.2. The summed E-state index contributed by atoms with van der Waals surface area (Å²) in [5, 5.41) is 3.35. The summed E-state index contributed by atoms with van der Waals surface area (Å²) in [7, 11) is -3.69.